The third-order valence-electron chi connectivity index (χ3n) is 3.51. The largest absolute Gasteiger partial charge is 0.374 e. The Labute approximate surface area is 103 Å². The number of hydrogen-bond acceptors (Lipinski definition) is 3. The van der Waals surface area contributed by atoms with Crippen LogP contribution in [-0.2, 0) is 4.74 Å². The lowest BCUT2D eigenvalue weighted by Crippen LogP contribution is -2.43. The van der Waals surface area contributed by atoms with E-state index < -0.39 is 0 Å². The molecule has 1 saturated heterocycles. The highest BCUT2D eigenvalue weighted by molar-refractivity contribution is 5.78. The molecule has 3 N–H and O–H groups in total. The Hall–Kier alpha value is -0.810. The average molecular weight is 240 g/mol. The molecule has 0 amide bonds. The number of nitrogens with one attached hydrogen (secondary N) is 1. The smallest absolute Gasteiger partial charge is 0.188 e. The fourth-order valence-electron chi connectivity index (χ4n) is 2.50. The molecule has 0 aromatic heterocycles. The van der Waals surface area contributed by atoms with Crippen LogP contribution in [0.15, 0.2) is 4.99 Å². The van der Waals surface area contributed by atoms with Crippen LogP contribution in [0.25, 0.3) is 0 Å². The molecule has 1 atom stereocenters. The predicted molar refractivity (Wildman–Crippen MR) is 69.1 cm³/mol. The Kier molecular flexibility index (Phi) is 4.62. The molecule has 1 aliphatic carbocycles. The first-order valence-electron chi connectivity index (χ1n) is 6.60. The van der Waals surface area contributed by atoms with Crippen molar-refractivity contribution in [2.24, 2.45) is 10.7 Å². The van der Waals surface area contributed by atoms with E-state index in [1.807, 2.05) is 0 Å². The van der Waals surface area contributed by atoms with Crippen LogP contribution in [0.1, 0.15) is 25.7 Å². The quantitative estimate of drug-likeness (QED) is 0.545. The average Bonchev–Trinajstić information content (AvgIpc) is 2.79. The summed E-state index contributed by atoms with van der Waals surface area (Å²) in [5.41, 5.74) is 5.88. The Morgan fingerprint density at radius 2 is 2.24 bits per heavy atom. The van der Waals surface area contributed by atoms with Crippen LogP contribution in [0, 0.1) is 0 Å². The van der Waals surface area contributed by atoms with Crippen LogP contribution in [0.4, 0.5) is 0 Å². The molecular formula is C12H24N4O. The van der Waals surface area contributed by atoms with Crippen molar-refractivity contribution in [3.05, 3.63) is 0 Å². The molecule has 5 nitrogen and oxygen atoms in total. The number of likely N-dealkylation sites (N-methyl/N-ethyl adjacent to an activating group) is 1. The molecule has 0 radical (unpaired) electrons. The van der Waals surface area contributed by atoms with E-state index in [2.05, 4.69) is 22.3 Å². The first-order chi connectivity index (χ1) is 8.24. The van der Waals surface area contributed by atoms with Crippen molar-refractivity contribution >= 4 is 5.96 Å². The summed E-state index contributed by atoms with van der Waals surface area (Å²) in [6, 6.07) is 0.536. The lowest BCUT2D eigenvalue weighted by molar-refractivity contribution is -0.0136. The number of hydrogen-bond donors (Lipinski definition) is 2. The molecule has 17 heavy (non-hydrogen) atoms. The Balaban J connectivity index is 1.70. The van der Waals surface area contributed by atoms with E-state index in [9.17, 15) is 0 Å². The summed E-state index contributed by atoms with van der Waals surface area (Å²) in [7, 11) is 2.11. The van der Waals surface area contributed by atoms with Gasteiger partial charge in [0.05, 0.1) is 19.3 Å². The van der Waals surface area contributed by atoms with Gasteiger partial charge in [0.2, 0.25) is 0 Å². The van der Waals surface area contributed by atoms with Gasteiger partial charge in [-0.05, 0) is 19.9 Å². The van der Waals surface area contributed by atoms with Gasteiger partial charge in [-0.1, -0.05) is 12.8 Å². The molecule has 1 heterocycles. The van der Waals surface area contributed by atoms with Gasteiger partial charge < -0.3 is 20.7 Å². The van der Waals surface area contributed by atoms with Crippen molar-refractivity contribution in [2.75, 3.05) is 33.3 Å². The van der Waals surface area contributed by atoms with Crippen LogP contribution < -0.4 is 11.1 Å². The van der Waals surface area contributed by atoms with Gasteiger partial charge in [-0.2, -0.15) is 0 Å². The second-order valence-electron chi connectivity index (χ2n) is 5.11. The molecule has 0 spiro atoms. The zero-order chi connectivity index (χ0) is 12.1. The molecular weight excluding hydrogens is 216 g/mol. The zero-order valence-corrected chi connectivity index (χ0v) is 10.7. The third-order valence-corrected chi connectivity index (χ3v) is 3.51. The maximum atomic E-state index is 5.88. The Morgan fingerprint density at radius 3 is 2.94 bits per heavy atom. The monoisotopic (exact) mass is 240 g/mol. The number of rotatable bonds is 3. The lowest BCUT2D eigenvalue weighted by Gasteiger charge is -2.29. The molecule has 1 aliphatic heterocycles. The van der Waals surface area contributed by atoms with Crippen molar-refractivity contribution in [2.45, 2.75) is 37.8 Å². The van der Waals surface area contributed by atoms with Crippen LogP contribution in [0.5, 0.6) is 0 Å². The SMILES string of the molecule is CN1CCOC(CN=C(N)NC2CCCC2)C1. The molecule has 2 rings (SSSR count). The van der Waals surface area contributed by atoms with E-state index in [0.29, 0.717) is 18.5 Å². The molecule has 98 valence electrons. The standard InChI is InChI=1S/C12H24N4O/c1-16-6-7-17-11(9-16)8-14-12(13)15-10-4-2-3-5-10/h10-11H,2-9H2,1H3,(H3,13,14,15). The van der Waals surface area contributed by atoms with E-state index >= 15 is 0 Å². The van der Waals surface area contributed by atoms with E-state index in [4.69, 9.17) is 10.5 Å². The summed E-state index contributed by atoms with van der Waals surface area (Å²) in [6.45, 7) is 3.42. The van der Waals surface area contributed by atoms with Crippen LogP contribution >= 0.6 is 0 Å². The first-order valence-corrected chi connectivity index (χ1v) is 6.60. The van der Waals surface area contributed by atoms with Gasteiger partial charge in [-0.25, -0.2) is 0 Å². The van der Waals surface area contributed by atoms with Gasteiger partial charge in [0.1, 0.15) is 0 Å². The summed E-state index contributed by atoms with van der Waals surface area (Å²) < 4.78 is 5.64. The van der Waals surface area contributed by atoms with E-state index in [1.54, 1.807) is 0 Å². The maximum Gasteiger partial charge on any atom is 0.188 e. The fraction of sp³-hybridized carbons (Fsp3) is 0.917. The molecule has 0 aromatic carbocycles. The fourth-order valence-corrected chi connectivity index (χ4v) is 2.50. The highest BCUT2D eigenvalue weighted by Crippen LogP contribution is 2.17. The van der Waals surface area contributed by atoms with Gasteiger partial charge in [-0.3, -0.25) is 4.99 Å². The number of aliphatic imine (C=N–C) groups is 1. The third kappa shape index (κ3) is 4.16. The molecule has 1 unspecified atom stereocenters. The summed E-state index contributed by atoms with van der Waals surface area (Å²) in [5.74, 6) is 0.578. The van der Waals surface area contributed by atoms with Gasteiger partial charge in [-0.15, -0.1) is 0 Å². The predicted octanol–water partition coefficient (Wildman–Crippen LogP) is 0.164. The molecule has 2 fully saturated rings. The summed E-state index contributed by atoms with van der Waals surface area (Å²) >= 11 is 0. The lowest BCUT2D eigenvalue weighted by atomic mass is 10.2. The number of nitrogens with two attached hydrogens (primary N) is 1. The Morgan fingerprint density at radius 1 is 1.47 bits per heavy atom. The van der Waals surface area contributed by atoms with Crippen LogP contribution in [-0.4, -0.2) is 56.3 Å². The summed E-state index contributed by atoms with van der Waals surface area (Å²) in [4.78, 5) is 6.65. The van der Waals surface area contributed by atoms with E-state index in [-0.39, 0.29) is 6.10 Å². The molecule has 5 heteroatoms. The van der Waals surface area contributed by atoms with Crippen LogP contribution in [0.3, 0.4) is 0 Å². The Bertz CT molecular complexity index is 263. The highest BCUT2D eigenvalue weighted by atomic mass is 16.5. The van der Waals surface area contributed by atoms with Crippen LogP contribution in [0.2, 0.25) is 0 Å². The van der Waals surface area contributed by atoms with E-state index in [1.165, 1.54) is 25.7 Å². The summed E-state index contributed by atoms with van der Waals surface area (Å²) in [6.07, 6.45) is 5.25. The maximum absolute atomic E-state index is 5.88. The van der Waals surface area contributed by atoms with Crippen molar-refractivity contribution in [1.82, 2.24) is 10.2 Å². The molecule has 0 aromatic rings. The van der Waals surface area contributed by atoms with Crippen molar-refractivity contribution in [1.29, 1.82) is 0 Å². The first kappa shape index (κ1) is 12.6. The van der Waals surface area contributed by atoms with Gasteiger partial charge in [0.15, 0.2) is 5.96 Å². The second kappa shape index (κ2) is 6.21. The van der Waals surface area contributed by atoms with Crippen molar-refractivity contribution in [3.8, 4) is 0 Å². The van der Waals surface area contributed by atoms with Crippen molar-refractivity contribution in [3.63, 3.8) is 0 Å². The molecule has 2 aliphatic rings. The molecule has 0 bridgehead atoms. The highest BCUT2D eigenvalue weighted by Gasteiger charge is 2.18. The minimum atomic E-state index is 0.192. The van der Waals surface area contributed by atoms with Gasteiger partial charge in [0, 0.05) is 19.1 Å². The second-order valence-corrected chi connectivity index (χ2v) is 5.11. The number of nitrogens with zero attached hydrogens (tertiary/aromatic N) is 2. The minimum Gasteiger partial charge on any atom is -0.374 e. The van der Waals surface area contributed by atoms with Crippen molar-refractivity contribution < 1.29 is 4.74 Å². The zero-order valence-electron chi connectivity index (χ0n) is 10.7. The van der Waals surface area contributed by atoms with Gasteiger partial charge >= 0.3 is 0 Å². The number of ether oxygens (including phenoxy) is 1. The normalized spacial score (nSPS) is 28.5. The molecule has 1 saturated carbocycles. The topological polar surface area (TPSA) is 62.9 Å². The van der Waals surface area contributed by atoms with E-state index in [0.717, 1.165) is 19.7 Å². The van der Waals surface area contributed by atoms with Gasteiger partial charge in [0.25, 0.3) is 0 Å². The number of morpholine rings is 1. The summed E-state index contributed by atoms with van der Waals surface area (Å²) in [5, 5.41) is 3.29. The minimum absolute atomic E-state index is 0.192. The number of guanidine groups is 1.